The highest BCUT2D eigenvalue weighted by Gasteiger charge is 2.08. The van der Waals surface area contributed by atoms with Gasteiger partial charge in [-0.15, -0.1) is 0 Å². The molecule has 0 unspecified atom stereocenters. The minimum Gasteiger partial charge on any atom is -0.420 e. The Labute approximate surface area is 74.2 Å². The summed E-state index contributed by atoms with van der Waals surface area (Å²) < 4.78 is 4.57. The first-order chi connectivity index (χ1) is 6.00. The summed E-state index contributed by atoms with van der Waals surface area (Å²) in [6.45, 7) is 2.58. The van der Waals surface area contributed by atoms with Crippen LogP contribution in [0.15, 0.2) is 21.3 Å². The predicted octanol–water partition coefficient (Wildman–Crippen LogP) is 1.04. The van der Waals surface area contributed by atoms with Gasteiger partial charge in [0.15, 0.2) is 17.3 Å². The zero-order valence-electron chi connectivity index (χ0n) is 7.29. The molecule has 0 aliphatic rings. The molecule has 0 saturated carbocycles. The SMILES string of the molecule is CC(=O)c1cc(C(C)=O)oc(=O)c1. The van der Waals surface area contributed by atoms with Crippen LogP contribution in [0, 0.1) is 0 Å². The molecular weight excluding hydrogens is 172 g/mol. The van der Waals surface area contributed by atoms with Crippen LogP contribution in [-0.2, 0) is 0 Å². The second-order valence-corrected chi connectivity index (χ2v) is 2.64. The van der Waals surface area contributed by atoms with E-state index >= 15 is 0 Å². The first kappa shape index (κ1) is 9.38. The van der Waals surface area contributed by atoms with Gasteiger partial charge < -0.3 is 4.42 Å². The third-order valence-corrected chi connectivity index (χ3v) is 1.52. The lowest BCUT2D eigenvalue weighted by molar-refractivity contribution is 0.0982. The molecule has 1 heterocycles. The van der Waals surface area contributed by atoms with E-state index in [2.05, 4.69) is 4.42 Å². The molecule has 0 aromatic carbocycles. The fraction of sp³-hybridized carbons (Fsp3) is 0.222. The summed E-state index contributed by atoms with van der Waals surface area (Å²) in [6, 6.07) is 2.33. The molecule has 0 fully saturated rings. The largest absolute Gasteiger partial charge is 0.420 e. The lowest BCUT2D eigenvalue weighted by Gasteiger charge is -1.96. The Bertz CT molecular complexity index is 379. The standard InChI is InChI=1S/C9H8O4/c1-5(10)7-3-8(6(2)11)13-9(12)4-7/h3-4H,1-2H3. The molecule has 0 saturated heterocycles. The lowest BCUT2D eigenvalue weighted by Crippen LogP contribution is -2.07. The van der Waals surface area contributed by atoms with Crippen LogP contribution in [0.4, 0.5) is 0 Å². The van der Waals surface area contributed by atoms with Gasteiger partial charge in [-0.05, 0) is 13.0 Å². The van der Waals surface area contributed by atoms with Crippen LogP contribution in [-0.4, -0.2) is 11.6 Å². The maximum atomic E-state index is 10.9. The van der Waals surface area contributed by atoms with Crippen LogP contribution >= 0.6 is 0 Å². The average molecular weight is 180 g/mol. The topological polar surface area (TPSA) is 64.3 Å². The molecule has 0 radical (unpaired) electrons. The van der Waals surface area contributed by atoms with Gasteiger partial charge in [0.1, 0.15) is 0 Å². The second kappa shape index (κ2) is 3.35. The van der Waals surface area contributed by atoms with E-state index in [0.717, 1.165) is 6.07 Å². The molecule has 0 aliphatic carbocycles. The summed E-state index contributed by atoms with van der Waals surface area (Å²) in [7, 11) is 0. The van der Waals surface area contributed by atoms with E-state index in [-0.39, 0.29) is 22.9 Å². The van der Waals surface area contributed by atoms with E-state index in [4.69, 9.17) is 0 Å². The quantitative estimate of drug-likeness (QED) is 0.638. The molecule has 1 aromatic heterocycles. The minimum absolute atomic E-state index is 0.0855. The number of carbonyl (C=O) groups excluding carboxylic acids is 2. The number of ketones is 2. The normalized spacial score (nSPS) is 9.69. The van der Waals surface area contributed by atoms with E-state index in [1.165, 1.54) is 19.9 Å². The zero-order chi connectivity index (χ0) is 10.0. The fourth-order valence-electron chi connectivity index (χ4n) is 0.854. The van der Waals surface area contributed by atoms with Crippen LogP contribution < -0.4 is 5.63 Å². The molecule has 1 rings (SSSR count). The number of hydrogen-bond donors (Lipinski definition) is 0. The van der Waals surface area contributed by atoms with Crippen molar-refractivity contribution in [3.05, 3.63) is 33.9 Å². The third-order valence-electron chi connectivity index (χ3n) is 1.52. The van der Waals surface area contributed by atoms with Gasteiger partial charge in [-0.25, -0.2) is 4.79 Å². The van der Waals surface area contributed by atoms with Crippen LogP contribution in [0.25, 0.3) is 0 Å². The minimum atomic E-state index is -0.682. The molecule has 1 aromatic rings. The van der Waals surface area contributed by atoms with E-state index in [0.29, 0.717) is 0 Å². The van der Waals surface area contributed by atoms with Crippen molar-refractivity contribution in [1.82, 2.24) is 0 Å². The summed E-state index contributed by atoms with van der Waals surface area (Å²) in [5.41, 5.74) is -0.487. The van der Waals surface area contributed by atoms with Crippen molar-refractivity contribution in [2.75, 3.05) is 0 Å². The summed E-state index contributed by atoms with van der Waals surface area (Å²) in [6.07, 6.45) is 0. The van der Waals surface area contributed by atoms with Gasteiger partial charge >= 0.3 is 5.63 Å². The van der Waals surface area contributed by atoms with Gasteiger partial charge in [0.25, 0.3) is 0 Å². The molecule has 4 heteroatoms. The Kier molecular flexibility index (Phi) is 2.41. The number of carbonyl (C=O) groups is 2. The Morgan fingerprint density at radius 2 is 1.77 bits per heavy atom. The molecule has 4 nitrogen and oxygen atoms in total. The van der Waals surface area contributed by atoms with Crippen molar-refractivity contribution in [2.24, 2.45) is 0 Å². The van der Waals surface area contributed by atoms with Crippen LogP contribution in [0.2, 0.25) is 0 Å². The number of rotatable bonds is 2. The molecule has 0 N–H and O–H groups in total. The fourth-order valence-corrected chi connectivity index (χ4v) is 0.854. The zero-order valence-corrected chi connectivity index (χ0v) is 7.29. The van der Waals surface area contributed by atoms with Gasteiger partial charge in [-0.2, -0.15) is 0 Å². The van der Waals surface area contributed by atoms with Crippen molar-refractivity contribution >= 4 is 11.6 Å². The molecule has 0 bridgehead atoms. The third kappa shape index (κ3) is 2.11. The Balaban J connectivity index is 3.35. The summed E-state index contributed by atoms with van der Waals surface area (Å²) in [5, 5.41) is 0. The molecule has 68 valence electrons. The van der Waals surface area contributed by atoms with Crippen molar-refractivity contribution in [2.45, 2.75) is 13.8 Å². The van der Waals surface area contributed by atoms with Gasteiger partial charge in [-0.1, -0.05) is 0 Å². The molecule has 0 amide bonds. The molecular formula is C9H8O4. The Morgan fingerprint density at radius 3 is 2.23 bits per heavy atom. The van der Waals surface area contributed by atoms with Crippen molar-refractivity contribution < 1.29 is 14.0 Å². The van der Waals surface area contributed by atoms with Crippen LogP contribution in [0.3, 0.4) is 0 Å². The van der Waals surface area contributed by atoms with Gasteiger partial charge in [0, 0.05) is 18.6 Å². The van der Waals surface area contributed by atoms with E-state index in [1.54, 1.807) is 0 Å². The van der Waals surface area contributed by atoms with Crippen molar-refractivity contribution in [3.63, 3.8) is 0 Å². The van der Waals surface area contributed by atoms with Crippen molar-refractivity contribution in [3.8, 4) is 0 Å². The molecule has 0 atom stereocenters. The van der Waals surface area contributed by atoms with E-state index < -0.39 is 5.63 Å². The highest BCUT2D eigenvalue weighted by Crippen LogP contribution is 2.02. The second-order valence-electron chi connectivity index (χ2n) is 2.64. The number of Topliss-reactive ketones (excluding diaryl/α,β-unsaturated/α-hetero) is 2. The Hall–Kier alpha value is -1.71. The highest BCUT2D eigenvalue weighted by molar-refractivity contribution is 5.97. The lowest BCUT2D eigenvalue weighted by atomic mass is 10.1. The van der Waals surface area contributed by atoms with Gasteiger partial charge in [0.05, 0.1) is 0 Å². The summed E-state index contributed by atoms with van der Waals surface area (Å²) in [5.74, 6) is -0.728. The summed E-state index contributed by atoms with van der Waals surface area (Å²) in [4.78, 5) is 32.6. The number of hydrogen-bond acceptors (Lipinski definition) is 4. The van der Waals surface area contributed by atoms with Crippen LogP contribution in [0.1, 0.15) is 34.8 Å². The van der Waals surface area contributed by atoms with Gasteiger partial charge in [-0.3, -0.25) is 9.59 Å². The first-order valence-electron chi connectivity index (χ1n) is 3.68. The van der Waals surface area contributed by atoms with Gasteiger partial charge in [0.2, 0.25) is 0 Å². The predicted molar refractivity (Wildman–Crippen MR) is 45.0 cm³/mol. The molecule has 0 aliphatic heterocycles. The average Bonchev–Trinajstić information content (AvgIpc) is 2.03. The summed E-state index contributed by atoms with van der Waals surface area (Å²) >= 11 is 0. The maximum Gasteiger partial charge on any atom is 0.337 e. The first-order valence-corrected chi connectivity index (χ1v) is 3.68. The maximum absolute atomic E-state index is 10.9. The highest BCUT2D eigenvalue weighted by atomic mass is 16.4. The Morgan fingerprint density at radius 1 is 1.15 bits per heavy atom. The molecule has 0 spiro atoms. The molecule has 13 heavy (non-hydrogen) atoms. The monoisotopic (exact) mass is 180 g/mol. The van der Waals surface area contributed by atoms with E-state index in [9.17, 15) is 14.4 Å². The van der Waals surface area contributed by atoms with Crippen molar-refractivity contribution in [1.29, 1.82) is 0 Å². The smallest absolute Gasteiger partial charge is 0.337 e. The van der Waals surface area contributed by atoms with Crippen LogP contribution in [0.5, 0.6) is 0 Å². The van der Waals surface area contributed by atoms with E-state index in [1.807, 2.05) is 0 Å².